The van der Waals surface area contributed by atoms with E-state index in [1.54, 1.807) is 0 Å². The molecule has 7 nitrogen and oxygen atoms in total. The van der Waals surface area contributed by atoms with Gasteiger partial charge in [-0.1, -0.05) is 0 Å². The number of aryl methyl sites for hydroxylation is 1. The maximum Gasteiger partial charge on any atom is 0.255 e. The van der Waals surface area contributed by atoms with E-state index in [9.17, 15) is 9.90 Å². The first-order valence-corrected chi connectivity index (χ1v) is 10.0. The molecule has 1 fully saturated rings. The van der Waals surface area contributed by atoms with Gasteiger partial charge in [0.25, 0.3) is 5.91 Å². The van der Waals surface area contributed by atoms with Gasteiger partial charge >= 0.3 is 0 Å². The summed E-state index contributed by atoms with van der Waals surface area (Å²) in [6.07, 6.45) is 1.97. The zero-order valence-electron chi connectivity index (χ0n) is 16.4. The van der Waals surface area contributed by atoms with Gasteiger partial charge in [-0.3, -0.25) is 4.79 Å². The summed E-state index contributed by atoms with van der Waals surface area (Å²) in [5.74, 6) is 0.963. The van der Waals surface area contributed by atoms with Gasteiger partial charge in [0, 0.05) is 38.4 Å². The standard InChI is InChI=1S/C21H29N3O4/c1-15-11-17(20-19(12-15)27-9-4-10-28-20)21(26)23-13-16-5-8-24(14-18(16)25)7-3-6-22-2/h11-12,16,18,25H,3-10,13-14H2,1H3,(H,23,26)/t16-,18+/m0/s1. The lowest BCUT2D eigenvalue weighted by Gasteiger charge is -2.35. The first-order chi connectivity index (χ1) is 13.6. The molecular weight excluding hydrogens is 358 g/mol. The van der Waals surface area contributed by atoms with Gasteiger partial charge in [0.05, 0.1) is 24.9 Å². The zero-order chi connectivity index (χ0) is 19.9. The molecule has 0 bridgehead atoms. The van der Waals surface area contributed by atoms with Crippen molar-refractivity contribution in [2.75, 3.05) is 45.9 Å². The maximum atomic E-state index is 12.8. The summed E-state index contributed by atoms with van der Waals surface area (Å²) in [4.78, 5) is 18.4. The molecule has 2 N–H and O–H groups in total. The van der Waals surface area contributed by atoms with Crippen LogP contribution in [-0.4, -0.2) is 68.0 Å². The first kappa shape index (κ1) is 20.4. The van der Waals surface area contributed by atoms with E-state index in [1.807, 2.05) is 19.1 Å². The van der Waals surface area contributed by atoms with E-state index in [-0.39, 0.29) is 11.8 Å². The van der Waals surface area contributed by atoms with Crippen molar-refractivity contribution < 1.29 is 19.4 Å². The number of ether oxygens (including phenoxy) is 2. The molecule has 1 amide bonds. The molecule has 1 aromatic rings. The second kappa shape index (κ2) is 9.76. The van der Waals surface area contributed by atoms with Crippen LogP contribution in [0.1, 0.15) is 35.2 Å². The second-order valence-corrected chi connectivity index (χ2v) is 7.55. The lowest BCUT2D eigenvalue weighted by Crippen LogP contribution is -2.47. The van der Waals surface area contributed by atoms with Gasteiger partial charge in [-0.2, -0.15) is 0 Å². The fourth-order valence-corrected chi connectivity index (χ4v) is 3.76. The normalized spacial score (nSPS) is 22.2. The molecule has 0 aromatic heterocycles. The van der Waals surface area contributed by atoms with Crippen molar-refractivity contribution in [2.24, 2.45) is 5.92 Å². The molecule has 1 saturated heterocycles. The monoisotopic (exact) mass is 387 g/mol. The van der Waals surface area contributed by atoms with E-state index in [0.29, 0.717) is 49.9 Å². The molecule has 2 atom stereocenters. The number of hydrogen-bond acceptors (Lipinski definition) is 5. The van der Waals surface area contributed by atoms with Gasteiger partial charge in [-0.15, -0.1) is 0 Å². The molecule has 152 valence electrons. The number of nitrogens with one attached hydrogen (secondary N) is 1. The van der Waals surface area contributed by atoms with E-state index in [2.05, 4.69) is 15.1 Å². The van der Waals surface area contributed by atoms with Crippen LogP contribution in [0.15, 0.2) is 12.1 Å². The summed E-state index contributed by atoms with van der Waals surface area (Å²) in [5.41, 5.74) is 1.44. The molecule has 0 radical (unpaired) electrons. The average Bonchev–Trinajstić information content (AvgIpc) is 2.92. The number of piperidine rings is 1. The third-order valence-electron chi connectivity index (χ3n) is 5.31. The molecule has 0 spiro atoms. The number of rotatable bonds is 6. The number of amides is 1. The van der Waals surface area contributed by atoms with Gasteiger partial charge < -0.3 is 29.6 Å². The van der Waals surface area contributed by atoms with Crippen LogP contribution in [-0.2, 0) is 0 Å². The van der Waals surface area contributed by atoms with Gasteiger partial charge in [-0.25, -0.2) is 6.57 Å². The molecule has 7 heteroatoms. The van der Waals surface area contributed by atoms with Crippen molar-refractivity contribution in [1.29, 1.82) is 0 Å². The van der Waals surface area contributed by atoms with E-state index in [1.165, 1.54) is 0 Å². The van der Waals surface area contributed by atoms with Crippen molar-refractivity contribution in [2.45, 2.75) is 32.3 Å². The highest BCUT2D eigenvalue weighted by atomic mass is 16.5. The van der Waals surface area contributed by atoms with Crippen molar-refractivity contribution in [3.05, 3.63) is 34.7 Å². The number of carbonyl (C=O) groups is 1. The molecule has 2 heterocycles. The van der Waals surface area contributed by atoms with Crippen LogP contribution in [0, 0.1) is 19.4 Å². The fraction of sp³-hybridized carbons (Fsp3) is 0.619. The summed E-state index contributed by atoms with van der Waals surface area (Å²) in [7, 11) is 0. The highest BCUT2D eigenvalue weighted by molar-refractivity contribution is 5.98. The van der Waals surface area contributed by atoms with Gasteiger partial charge in [0.15, 0.2) is 11.5 Å². The number of β-amino-alcohol motifs (C(OH)–C–C–N with tert-alkyl or cyclic N) is 1. The highest BCUT2D eigenvalue weighted by Gasteiger charge is 2.28. The molecule has 3 rings (SSSR count). The Bertz CT molecular complexity index is 731. The third-order valence-corrected chi connectivity index (χ3v) is 5.31. The van der Waals surface area contributed by atoms with E-state index >= 15 is 0 Å². The van der Waals surface area contributed by atoms with Crippen LogP contribution in [0.25, 0.3) is 4.85 Å². The maximum absolute atomic E-state index is 12.8. The predicted octanol–water partition coefficient (Wildman–Crippen LogP) is 1.88. The number of benzene rings is 1. The molecule has 1 aromatic carbocycles. The van der Waals surface area contributed by atoms with Crippen LogP contribution in [0.2, 0.25) is 0 Å². The minimum atomic E-state index is -0.476. The topological polar surface area (TPSA) is 75.4 Å². The lowest BCUT2D eigenvalue weighted by atomic mass is 9.93. The highest BCUT2D eigenvalue weighted by Crippen LogP contribution is 2.34. The van der Waals surface area contributed by atoms with Crippen LogP contribution in [0.4, 0.5) is 0 Å². The summed E-state index contributed by atoms with van der Waals surface area (Å²) < 4.78 is 11.5. The van der Waals surface area contributed by atoms with E-state index < -0.39 is 6.10 Å². The Morgan fingerprint density at radius 3 is 3.00 bits per heavy atom. The largest absolute Gasteiger partial charge is 0.490 e. The zero-order valence-corrected chi connectivity index (χ0v) is 16.4. The Morgan fingerprint density at radius 1 is 1.39 bits per heavy atom. The number of nitrogens with zero attached hydrogens (tertiary/aromatic N) is 2. The number of aliphatic hydroxyl groups is 1. The average molecular weight is 387 g/mol. The van der Waals surface area contributed by atoms with Crippen LogP contribution in [0.5, 0.6) is 11.5 Å². The Balaban J connectivity index is 1.56. The first-order valence-electron chi connectivity index (χ1n) is 10.0. The minimum absolute atomic E-state index is 0.0293. The smallest absolute Gasteiger partial charge is 0.255 e. The summed E-state index contributed by atoms with van der Waals surface area (Å²) >= 11 is 0. The van der Waals surface area contributed by atoms with E-state index in [0.717, 1.165) is 37.9 Å². The van der Waals surface area contributed by atoms with Crippen LogP contribution in [0.3, 0.4) is 0 Å². The van der Waals surface area contributed by atoms with Crippen LogP contribution >= 0.6 is 0 Å². The molecule has 28 heavy (non-hydrogen) atoms. The molecule has 0 aliphatic carbocycles. The molecular formula is C21H29N3O4. The van der Waals surface area contributed by atoms with Crippen molar-refractivity contribution >= 4 is 5.91 Å². The number of fused-ring (bicyclic) bond motifs is 1. The minimum Gasteiger partial charge on any atom is -0.490 e. The number of hydrogen-bond donors (Lipinski definition) is 2. The van der Waals surface area contributed by atoms with E-state index in [4.69, 9.17) is 16.0 Å². The van der Waals surface area contributed by atoms with Crippen LogP contribution < -0.4 is 14.8 Å². The Hall–Kier alpha value is -2.30. The van der Waals surface area contributed by atoms with Gasteiger partial charge in [-0.05, 0) is 37.6 Å². The number of aliphatic hydroxyl groups excluding tert-OH is 1. The number of likely N-dealkylation sites (tertiary alicyclic amines) is 1. The number of carbonyl (C=O) groups excluding carboxylic acids is 1. The predicted molar refractivity (Wildman–Crippen MR) is 106 cm³/mol. The summed E-state index contributed by atoms with van der Waals surface area (Å²) in [5, 5.41) is 13.4. The SMILES string of the molecule is [C-]#[N+]CCCN1CC[C@@H](CNC(=O)c2cc(C)cc3c2OCCCO3)[C@H](O)C1. The lowest BCUT2D eigenvalue weighted by molar-refractivity contribution is 0.0222. The van der Waals surface area contributed by atoms with Gasteiger partial charge in [0.1, 0.15) is 0 Å². The molecule has 2 aliphatic rings. The van der Waals surface area contributed by atoms with Crippen molar-refractivity contribution in [3.8, 4) is 11.5 Å². The summed E-state index contributed by atoms with van der Waals surface area (Å²) in [6.45, 7) is 13.1. The molecule has 0 saturated carbocycles. The third kappa shape index (κ3) is 5.15. The van der Waals surface area contributed by atoms with Crippen molar-refractivity contribution in [3.63, 3.8) is 0 Å². The Morgan fingerprint density at radius 2 is 2.21 bits per heavy atom. The molecule has 0 unspecified atom stereocenters. The Labute approximate surface area is 166 Å². The van der Waals surface area contributed by atoms with Crippen molar-refractivity contribution in [1.82, 2.24) is 10.2 Å². The van der Waals surface area contributed by atoms with Gasteiger partial charge in [0.2, 0.25) is 6.54 Å². The quantitative estimate of drug-likeness (QED) is 0.576. The summed E-state index contributed by atoms with van der Waals surface area (Å²) in [6, 6.07) is 3.71. The molecule has 2 aliphatic heterocycles. The fourth-order valence-electron chi connectivity index (χ4n) is 3.76. The second-order valence-electron chi connectivity index (χ2n) is 7.55. The Kier molecular flexibility index (Phi) is 7.12.